The number of nitrogens with one attached hydrogen (secondary N) is 3. The van der Waals surface area contributed by atoms with Crippen LogP contribution in [-0.4, -0.2) is 38.7 Å². The van der Waals surface area contributed by atoms with Gasteiger partial charge >= 0.3 is 0 Å². The van der Waals surface area contributed by atoms with Crippen LogP contribution < -0.4 is 20.7 Å². The topological polar surface area (TPSA) is 62.4 Å². The van der Waals surface area contributed by atoms with E-state index in [2.05, 4.69) is 16.0 Å². The minimum Gasteiger partial charge on any atom is -0.495 e. The first kappa shape index (κ1) is 19.1. The van der Waals surface area contributed by atoms with Crippen molar-refractivity contribution in [3.8, 4) is 5.75 Å². The van der Waals surface area contributed by atoms with Gasteiger partial charge in [0.2, 0.25) is 5.91 Å². The predicted molar refractivity (Wildman–Crippen MR) is 100 cm³/mol. The van der Waals surface area contributed by atoms with E-state index in [1.165, 1.54) is 6.07 Å². The number of ether oxygens (including phenoxy) is 1. The van der Waals surface area contributed by atoms with Crippen molar-refractivity contribution < 1.29 is 18.3 Å². The number of hydrogen-bond donors (Lipinski definition) is 3. The SMILES string of the molecule is COc1ccccc1NCC(=O)NC1CNCCC1c1ccc(F)c(F)c1. The lowest BCUT2D eigenvalue weighted by Crippen LogP contribution is -2.51. The normalized spacial score (nSPS) is 19.4. The molecule has 1 fully saturated rings. The van der Waals surface area contributed by atoms with E-state index >= 15 is 0 Å². The highest BCUT2D eigenvalue weighted by atomic mass is 19.2. The van der Waals surface area contributed by atoms with E-state index in [0.29, 0.717) is 17.9 Å². The van der Waals surface area contributed by atoms with Crippen LogP contribution in [0.25, 0.3) is 0 Å². The average Bonchev–Trinajstić information content (AvgIpc) is 2.69. The van der Waals surface area contributed by atoms with Gasteiger partial charge in [0.05, 0.1) is 19.3 Å². The van der Waals surface area contributed by atoms with E-state index in [0.717, 1.165) is 24.7 Å². The van der Waals surface area contributed by atoms with Crippen LogP contribution in [0.3, 0.4) is 0 Å². The summed E-state index contributed by atoms with van der Waals surface area (Å²) in [7, 11) is 1.57. The number of carbonyl (C=O) groups is 1. The summed E-state index contributed by atoms with van der Waals surface area (Å²) in [6.07, 6.45) is 0.732. The van der Waals surface area contributed by atoms with Crippen molar-refractivity contribution in [2.75, 3.05) is 32.1 Å². The van der Waals surface area contributed by atoms with Gasteiger partial charge in [-0.1, -0.05) is 18.2 Å². The van der Waals surface area contributed by atoms with Crippen LogP contribution in [0.4, 0.5) is 14.5 Å². The van der Waals surface area contributed by atoms with Gasteiger partial charge in [-0.3, -0.25) is 4.79 Å². The summed E-state index contributed by atoms with van der Waals surface area (Å²) in [6.45, 7) is 1.42. The minimum atomic E-state index is -0.867. The Balaban J connectivity index is 1.63. The Labute approximate surface area is 157 Å². The van der Waals surface area contributed by atoms with E-state index in [9.17, 15) is 13.6 Å². The second-order valence-corrected chi connectivity index (χ2v) is 6.50. The number of piperidine rings is 1. The molecule has 27 heavy (non-hydrogen) atoms. The van der Waals surface area contributed by atoms with Crippen LogP contribution in [-0.2, 0) is 4.79 Å². The summed E-state index contributed by atoms with van der Waals surface area (Å²) in [4.78, 5) is 12.4. The zero-order valence-electron chi connectivity index (χ0n) is 15.1. The molecule has 144 valence electrons. The second-order valence-electron chi connectivity index (χ2n) is 6.50. The summed E-state index contributed by atoms with van der Waals surface area (Å²) in [5, 5.41) is 9.28. The number of methoxy groups -OCH3 is 1. The van der Waals surface area contributed by atoms with Crippen molar-refractivity contribution in [2.45, 2.75) is 18.4 Å². The average molecular weight is 375 g/mol. The maximum atomic E-state index is 13.6. The van der Waals surface area contributed by atoms with Crippen molar-refractivity contribution in [1.82, 2.24) is 10.6 Å². The molecule has 1 aliphatic heterocycles. The van der Waals surface area contributed by atoms with Crippen molar-refractivity contribution in [2.24, 2.45) is 0 Å². The van der Waals surface area contributed by atoms with Crippen LogP contribution in [0.5, 0.6) is 5.75 Å². The Hall–Kier alpha value is -2.67. The van der Waals surface area contributed by atoms with Crippen LogP contribution in [0.15, 0.2) is 42.5 Å². The van der Waals surface area contributed by atoms with E-state index in [4.69, 9.17) is 4.74 Å². The van der Waals surface area contributed by atoms with Crippen LogP contribution in [0.1, 0.15) is 17.9 Å². The molecule has 3 N–H and O–H groups in total. The molecule has 2 unspecified atom stereocenters. The third-order valence-corrected chi connectivity index (χ3v) is 4.75. The zero-order chi connectivity index (χ0) is 19.2. The Morgan fingerprint density at radius 3 is 2.81 bits per heavy atom. The highest BCUT2D eigenvalue weighted by molar-refractivity contribution is 5.81. The lowest BCUT2D eigenvalue weighted by Gasteiger charge is -2.33. The summed E-state index contributed by atoms with van der Waals surface area (Å²) >= 11 is 0. The molecule has 0 aromatic heterocycles. The van der Waals surface area contributed by atoms with Crippen LogP contribution in [0, 0.1) is 11.6 Å². The van der Waals surface area contributed by atoms with E-state index in [1.54, 1.807) is 13.2 Å². The largest absolute Gasteiger partial charge is 0.495 e. The molecule has 0 radical (unpaired) electrons. The first-order valence-electron chi connectivity index (χ1n) is 8.90. The van der Waals surface area contributed by atoms with Gasteiger partial charge < -0.3 is 20.7 Å². The molecule has 1 aliphatic rings. The number of rotatable bonds is 6. The van der Waals surface area contributed by atoms with Crippen LogP contribution >= 0.6 is 0 Å². The molecular weight excluding hydrogens is 352 g/mol. The summed E-state index contributed by atoms with van der Waals surface area (Å²) in [6, 6.07) is 11.1. The Morgan fingerprint density at radius 2 is 2.04 bits per heavy atom. The summed E-state index contributed by atoms with van der Waals surface area (Å²) < 4.78 is 32.1. The van der Waals surface area contributed by atoms with Gasteiger partial charge in [0.15, 0.2) is 11.6 Å². The number of benzene rings is 2. The van der Waals surface area contributed by atoms with Crippen molar-refractivity contribution in [1.29, 1.82) is 0 Å². The summed E-state index contributed by atoms with van der Waals surface area (Å²) in [5.74, 6) is -1.33. The smallest absolute Gasteiger partial charge is 0.239 e. The molecule has 5 nitrogen and oxygen atoms in total. The fourth-order valence-electron chi connectivity index (χ4n) is 3.38. The highest BCUT2D eigenvalue weighted by Gasteiger charge is 2.28. The Bertz CT molecular complexity index is 801. The molecular formula is C20H23F2N3O2. The third kappa shape index (κ3) is 4.74. The van der Waals surface area contributed by atoms with Crippen molar-refractivity contribution >= 4 is 11.6 Å². The van der Waals surface area contributed by atoms with Gasteiger partial charge in [-0.25, -0.2) is 8.78 Å². The van der Waals surface area contributed by atoms with E-state index in [1.807, 2.05) is 24.3 Å². The van der Waals surface area contributed by atoms with Gasteiger partial charge in [0, 0.05) is 18.5 Å². The molecule has 7 heteroatoms. The predicted octanol–water partition coefficient (Wildman–Crippen LogP) is 2.65. The fraction of sp³-hybridized carbons (Fsp3) is 0.350. The number of halogens is 2. The Morgan fingerprint density at radius 1 is 1.22 bits per heavy atom. The molecule has 0 spiro atoms. The number of para-hydroxylation sites is 2. The highest BCUT2D eigenvalue weighted by Crippen LogP contribution is 2.27. The Kier molecular flexibility index (Phi) is 6.24. The van der Waals surface area contributed by atoms with Gasteiger partial charge in [-0.05, 0) is 42.8 Å². The number of carbonyl (C=O) groups excluding carboxylic acids is 1. The monoisotopic (exact) mass is 375 g/mol. The van der Waals surface area contributed by atoms with Gasteiger partial charge in [0.25, 0.3) is 0 Å². The van der Waals surface area contributed by atoms with Crippen molar-refractivity contribution in [3.63, 3.8) is 0 Å². The van der Waals surface area contributed by atoms with Crippen LogP contribution in [0.2, 0.25) is 0 Å². The summed E-state index contributed by atoms with van der Waals surface area (Å²) in [5.41, 5.74) is 1.42. The quantitative estimate of drug-likeness (QED) is 0.727. The number of hydrogen-bond acceptors (Lipinski definition) is 4. The van der Waals surface area contributed by atoms with E-state index < -0.39 is 11.6 Å². The first-order valence-corrected chi connectivity index (χ1v) is 8.90. The van der Waals surface area contributed by atoms with Gasteiger partial charge in [-0.15, -0.1) is 0 Å². The number of anilines is 1. The maximum absolute atomic E-state index is 13.6. The van der Waals surface area contributed by atoms with Gasteiger partial charge in [-0.2, -0.15) is 0 Å². The fourth-order valence-corrected chi connectivity index (χ4v) is 3.38. The number of amides is 1. The van der Waals surface area contributed by atoms with Crippen molar-refractivity contribution in [3.05, 3.63) is 59.7 Å². The molecule has 0 saturated carbocycles. The molecule has 2 aromatic rings. The maximum Gasteiger partial charge on any atom is 0.239 e. The molecule has 0 aliphatic carbocycles. The third-order valence-electron chi connectivity index (χ3n) is 4.75. The minimum absolute atomic E-state index is 0.0726. The molecule has 1 saturated heterocycles. The first-order chi connectivity index (χ1) is 13.1. The second kappa shape index (κ2) is 8.81. The lowest BCUT2D eigenvalue weighted by atomic mass is 9.86. The lowest BCUT2D eigenvalue weighted by molar-refractivity contribution is -0.120. The zero-order valence-corrected chi connectivity index (χ0v) is 15.1. The molecule has 3 rings (SSSR count). The molecule has 1 amide bonds. The molecule has 2 atom stereocenters. The molecule has 0 bridgehead atoms. The molecule has 1 heterocycles. The van der Waals surface area contributed by atoms with Gasteiger partial charge in [0.1, 0.15) is 5.75 Å². The molecule has 2 aromatic carbocycles. The van der Waals surface area contributed by atoms with E-state index in [-0.39, 0.29) is 24.4 Å². The standard InChI is InChI=1S/C20H23F2N3O2/c1-27-19-5-3-2-4-17(19)24-12-20(26)25-18-11-23-9-8-14(18)13-6-7-15(21)16(22)10-13/h2-7,10,14,18,23-24H,8-9,11-12H2,1H3,(H,25,26).